The Morgan fingerprint density at radius 3 is 2.57 bits per heavy atom. The third-order valence-corrected chi connectivity index (χ3v) is 5.52. The first-order valence-electron chi connectivity index (χ1n) is 7.84. The Bertz CT molecular complexity index is 544. The number of rotatable bonds is 5. The molecular weight excluding hydrogens is 451 g/mol. The van der Waals surface area contributed by atoms with Gasteiger partial charge in [-0.2, -0.15) is 0 Å². The number of likely N-dealkylation sites (tertiary alicyclic amines) is 1. The van der Waals surface area contributed by atoms with Crippen LogP contribution in [0.2, 0.25) is 0 Å². The quantitative estimate of drug-likeness (QED) is 0.624. The molecule has 2 heterocycles. The van der Waals surface area contributed by atoms with Crippen LogP contribution < -0.4 is 0 Å². The predicted molar refractivity (Wildman–Crippen MR) is 86.1 cm³/mol. The van der Waals surface area contributed by atoms with Gasteiger partial charge in [-0.3, -0.25) is 0 Å². The van der Waals surface area contributed by atoms with E-state index in [9.17, 15) is 0 Å². The molecule has 0 amide bonds. The van der Waals surface area contributed by atoms with Gasteiger partial charge in [0.15, 0.2) is 0 Å². The van der Waals surface area contributed by atoms with Gasteiger partial charge in [0, 0.05) is 0 Å². The summed E-state index contributed by atoms with van der Waals surface area (Å²) in [6, 6.07) is 10.8. The van der Waals surface area contributed by atoms with E-state index in [0.717, 1.165) is 44.9 Å². The fraction of sp³-hybridized carbons (Fsp3) is 0.471. The van der Waals surface area contributed by atoms with E-state index in [4.69, 9.17) is 0 Å². The van der Waals surface area contributed by atoms with Crippen LogP contribution in [0.5, 0.6) is 0 Å². The molecule has 3 nitrogen and oxygen atoms in total. The summed E-state index contributed by atoms with van der Waals surface area (Å²) in [5.41, 5.74) is 2.72. The number of aromatic nitrogens is 2. The number of benzene rings is 1. The fourth-order valence-corrected chi connectivity index (χ4v) is 4.06. The predicted octanol–water partition coefficient (Wildman–Crippen LogP) is 2.66. The van der Waals surface area contributed by atoms with Crippen LogP contribution in [-0.4, -0.2) is 51.4 Å². The summed E-state index contributed by atoms with van der Waals surface area (Å²) >= 11 is 0.845. The SMILES string of the molecule is [Tl][n]1cnc(CCC2CCN(Cc3ccccc3)CC2)c1. The minimum absolute atomic E-state index is 0.845. The first-order valence-corrected chi connectivity index (χ1v) is 9.84. The van der Waals surface area contributed by atoms with Gasteiger partial charge in [0.1, 0.15) is 0 Å². The van der Waals surface area contributed by atoms with Crippen molar-refractivity contribution >= 4 is 26.1 Å². The molecule has 1 saturated heterocycles. The maximum absolute atomic E-state index is 4.47. The number of aryl methyl sites for hydroxylation is 1. The van der Waals surface area contributed by atoms with E-state index >= 15 is 0 Å². The molecule has 21 heavy (non-hydrogen) atoms. The fourth-order valence-electron chi connectivity index (χ4n) is 3.14. The van der Waals surface area contributed by atoms with Crippen LogP contribution in [0.3, 0.4) is 0 Å². The van der Waals surface area contributed by atoms with Crippen LogP contribution in [0.4, 0.5) is 0 Å². The van der Waals surface area contributed by atoms with E-state index in [1.54, 1.807) is 0 Å². The van der Waals surface area contributed by atoms with Crippen molar-refractivity contribution in [2.75, 3.05) is 13.1 Å². The second-order valence-electron chi connectivity index (χ2n) is 6.06. The molecule has 0 saturated carbocycles. The molecule has 2 aromatic rings. The summed E-state index contributed by atoms with van der Waals surface area (Å²) in [5.74, 6) is 0.888. The van der Waals surface area contributed by atoms with Gasteiger partial charge in [-0.25, -0.2) is 0 Å². The summed E-state index contributed by atoms with van der Waals surface area (Å²) in [5, 5.41) is 0. The Morgan fingerprint density at radius 2 is 1.90 bits per heavy atom. The molecule has 4 heteroatoms. The number of imidazole rings is 1. The molecule has 0 N–H and O–H groups in total. The summed E-state index contributed by atoms with van der Waals surface area (Å²) in [7, 11) is 0. The van der Waals surface area contributed by atoms with Gasteiger partial charge in [0.25, 0.3) is 0 Å². The van der Waals surface area contributed by atoms with Gasteiger partial charge in [-0.05, 0) is 0 Å². The molecule has 0 atom stereocenters. The minimum atomic E-state index is 0.845. The molecule has 1 fully saturated rings. The number of nitrogens with zero attached hydrogens (tertiary/aromatic N) is 3. The van der Waals surface area contributed by atoms with Crippen LogP contribution >= 0.6 is 0 Å². The monoisotopic (exact) mass is 473 g/mol. The molecule has 0 bridgehead atoms. The summed E-state index contributed by atoms with van der Waals surface area (Å²) in [6.45, 7) is 3.60. The zero-order chi connectivity index (χ0) is 14.5. The summed E-state index contributed by atoms with van der Waals surface area (Å²) in [4.78, 5) is 7.06. The van der Waals surface area contributed by atoms with Gasteiger partial charge in [0.2, 0.25) is 0 Å². The van der Waals surface area contributed by atoms with Crippen molar-refractivity contribution in [3.8, 4) is 0 Å². The molecule has 1 aliphatic heterocycles. The van der Waals surface area contributed by atoms with Crippen LogP contribution in [0.1, 0.15) is 30.5 Å². The van der Waals surface area contributed by atoms with Crippen molar-refractivity contribution in [2.24, 2.45) is 5.92 Å². The molecule has 1 aliphatic rings. The molecule has 0 spiro atoms. The Hall–Kier alpha value is -0.688. The van der Waals surface area contributed by atoms with Gasteiger partial charge in [-0.1, -0.05) is 18.2 Å². The van der Waals surface area contributed by atoms with Gasteiger partial charge < -0.3 is 0 Å². The first kappa shape index (κ1) is 15.2. The third kappa shape index (κ3) is 4.64. The first-order chi connectivity index (χ1) is 10.3. The van der Waals surface area contributed by atoms with Crippen molar-refractivity contribution < 1.29 is 0 Å². The number of piperidine rings is 1. The summed E-state index contributed by atoms with van der Waals surface area (Å²) < 4.78 is 2.21. The van der Waals surface area contributed by atoms with Crippen LogP contribution in [0.25, 0.3) is 0 Å². The Kier molecular flexibility index (Phi) is 5.46. The van der Waals surface area contributed by atoms with E-state index in [1.165, 1.54) is 43.6 Å². The standard InChI is InChI=1S/C17H22N3.Tl/c1-2-4-16(5-3-1)13-20-10-8-15(9-11-20)6-7-17-12-18-14-19-17;/h1-5,12,14-15H,6-11,13H2;/q-1;+1. The second-order valence-corrected chi connectivity index (χ2v) is 8.37. The molecule has 0 unspecified atom stereocenters. The molecule has 1 aromatic carbocycles. The Morgan fingerprint density at radius 1 is 1.14 bits per heavy atom. The zero-order valence-corrected chi connectivity index (χ0v) is 17.0. The average Bonchev–Trinajstić information content (AvgIpc) is 2.93. The van der Waals surface area contributed by atoms with E-state index in [2.05, 4.69) is 48.8 Å². The Labute approximate surface area is 143 Å². The van der Waals surface area contributed by atoms with Crippen LogP contribution in [0.15, 0.2) is 42.9 Å². The van der Waals surface area contributed by atoms with Crippen molar-refractivity contribution in [1.29, 1.82) is 0 Å². The normalized spacial score (nSPS) is 17.1. The van der Waals surface area contributed by atoms with E-state index in [0.29, 0.717) is 0 Å². The molecule has 0 radical (unpaired) electrons. The topological polar surface area (TPSA) is 21.1 Å². The van der Waals surface area contributed by atoms with Crippen molar-refractivity contribution in [3.63, 3.8) is 0 Å². The summed E-state index contributed by atoms with van der Waals surface area (Å²) in [6.07, 6.45) is 9.34. The maximum atomic E-state index is 4.47. The molecular formula is C17H22N3Tl. The number of hydrogen-bond donors (Lipinski definition) is 0. The Balaban J connectivity index is 1.40. The van der Waals surface area contributed by atoms with E-state index in [-0.39, 0.29) is 0 Å². The van der Waals surface area contributed by atoms with Crippen molar-refractivity contribution in [3.05, 3.63) is 54.1 Å². The zero-order valence-electron chi connectivity index (χ0n) is 12.5. The second kappa shape index (κ2) is 7.54. The van der Waals surface area contributed by atoms with Gasteiger partial charge in [-0.15, -0.1) is 0 Å². The van der Waals surface area contributed by atoms with Gasteiger partial charge in [0.05, 0.1) is 0 Å². The molecule has 0 aliphatic carbocycles. The van der Waals surface area contributed by atoms with Crippen molar-refractivity contribution in [1.82, 2.24) is 12.3 Å². The van der Waals surface area contributed by atoms with E-state index in [1.807, 2.05) is 6.33 Å². The number of hydrogen-bond acceptors (Lipinski definition) is 2. The molecule has 108 valence electrons. The molecule has 3 rings (SSSR count). The van der Waals surface area contributed by atoms with Crippen LogP contribution in [-0.2, 0) is 13.0 Å². The van der Waals surface area contributed by atoms with Gasteiger partial charge >= 0.3 is 125 Å². The van der Waals surface area contributed by atoms with Crippen LogP contribution in [0, 0.1) is 5.92 Å². The van der Waals surface area contributed by atoms with Crippen molar-refractivity contribution in [2.45, 2.75) is 32.2 Å². The molecule has 1 aromatic heterocycles. The third-order valence-electron chi connectivity index (χ3n) is 4.42. The average molecular weight is 473 g/mol. The van der Waals surface area contributed by atoms with E-state index < -0.39 is 0 Å².